The average molecular weight is 309 g/mol. The van der Waals surface area contributed by atoms with Crippen LogP contribution >= 0.6 is 0 Å². The second-order valence-corrected chi connectivity index (χ2v) is 7.66. The summed E-state index contributed by atoms with van der Waals surface area (Å²) in [5.74, 6) is 1.85. The highest BCUT2D eigenvalue weighted by Crippen LogP contribution is 2.28. The lowest BCUT2D eigenvalue weighted by Gasteiger charge is -2.37. The first-order valence-corrected chi connectivity index (χ1v) is 9.63. The third-order valence-electron chi connectivity index (χ3n) is 5.84. The average Bonchev–Trinajstić information content (AvgIpc) is 2.52. The minimum absolute atomic E-state index is 0.182. The van der Waals surface area contributed by atoms with Gasteiger partial charge in [-0.25, -0.2) is 0 Å². The van der Waals surface area contributed by atoms with Gasteiger partial charge in [0, 0.05) is 6.04 Å². The van der Waals surface area contributed by atoms with E-state index in [0.29, 0.717) is 30.2 Å². The van der Waals surface area contributed by atoms with Crippen molar-refractivity contribution in [3.05, 3.63) is 0 Å². The zero-order valence-corrected chi connectivity index (χ0v) is 14.9. The second kappa shape index (κ2) is 9.02. The van der Waals surface area contributed by atoms with Crippen LogP contribution < -0.4 is 5.32 Å². The van der Waals surface area contributed by atoms with E-state index in [1.54, 1.807) is 0 Å². The molecule has 2 aliphatic rings. The summed E-state index contributed by atoms with van der Waals surface area (Å²) in [6.07, 6.45) is 9.94. The third kappa shape index (κ3) is 4.79. The van der Waals surface area contributed by atoms with E-state index in [4.69, 9.17) is 0 Å². The van der Waals surface area contributed by atoms with Crippen LogP contribution in [0.2, 0.25) is 0 Å². The number of likely N-dealkylation sites (tertiary alicyclic amines) is 1. The molecule has 3 heteroatoms. The molecule has 0 spiro atoms. The van der Waals surface area contributed by atoms with Gasteiger partial charge < -0.3 is 5.32 Å². The molecule has 0 aromatic rings. The Kier molecular flexibility index (Phi) is 7.36. The van der Waals surface area contributed by atoms with Crippen molar-refractivity contribution >= 4 is 5.78 Å². The topological polar surface area (TPSA) is 32.3 Å². The monoisotopic (exact) mass is 308 g/mol. The zero-order valence-electron chi connectivity index (χ0n) is 14.9. The van der Waals surface area contributed by atoms with E-state index in [1.165, 1.54) is 44.9 Å². The van der Waals surface area contributed by atoms with E-state index >= 15 is 0 Å². The summed E-state index contributed by atoms with van der Waals surface area (Å²) in [4.78, 5) is 15.2. The molecule has 2 fully saturated rings. The fraction of sp³-hybridized carbons (Fsp3) is 0.947. The number of carbonyl (C=O) groups excluding carboxylic acids is 1. The molecule has 1 N–H and O–H groups in total. The quantitative estimate of drug-likeness (QED) is 0.779. The van der Waals surface area contributed by atoms with Crippen LogP contribution in [-0.2, 0) is 4.79 Å². The lowest BCUT2D eigenvalue weighted by atomic mass is 9.78. The van der Waals surface area contributed by atoms with Crippen molar-refractivity contribution in [3.8, 4) is 0 Å². The van der Waals surface area contributed by atoms with E-state index in [0.717, 1.165) is 19.5 Å². The first-order valence-electron chi connectivity index (χ1n) is 9.63. The summed E-state index contributed by atoms with van der Waals surface area (Å²) in [6, 6.07) is 0.715. The van der Waals surface area contributed by atoms with Crippen LogP contribution in [0.3, 0.4) is 0 Å². The Bertz CT molecular complexity index is 334. The molecule has 1 aliphatic carbocycles. The van der Waals surface area contributed by atoms with Crippen molar-refractivity contribution in [2.24, 2.45) is 11.8 Å². The molecule has 128 valence electrons. The van der Waals surface area contributed by atoms with Crippen molar-refractivity contribution in [2.45, 2.75) is 84.2 Å². The number of nitrogens with zero attached hydrogens (tertiary/aromatic N) is 1. The van der Waals surface area contributed by atoms with E-state index in [9.17, 15) is 4.79 Å². The van der Waals surface area contributed by atoms with Gasteiger partial charge in [-0.1, -0.05) is 40.0 Å². The van der Waals surface area contributed by atoms with Gasteiger partial charge in [0.05, 0.1) is 12.6 Å². The number of nitrogens with one attached hydrogen (secondary N) is 1. The van der Waals surface area contributed by atoms with Crippen molar-refractivity contribution in [1.29, 1.82) is 0 Å². The highest BCUT2D eigenvalue weighted by molar-refractivity contribution is 5.86. The molecule has 0 radical (unpaired) electrons. The highest BCUT2D eigenvalue weighted by atomic mass is 16.1. The van der Waals surface area contributed by atoms with Crippen LogP contribution in [0.1, 0.15) is 72.1 Å². The van der Waals surface area contributed by atoms with E-state index in [2.05, 4.69) is 31.0 Å². The van der Waals surface area contributed by atoms with Gasteiger partial charge in [-0.15, -0.1) is 0 Å². The minimum Gasteiger partial charge on any atom is -0.307 e. The molecular weight excluding hydrogens is 272 g/mol. The molecule has 0 aromatic heterocycles. The maximum atomic E-state index is 12.7. The lowest BCUT2D eigenvalue weighted by molar-refractivity contribution is -0.125. The molecule has 1 aliphatic heterocycles. The normalized spacial score (nSPS) is 33.8. The third-order valence-corrected chi connectivity index (χ3v) is 5.84. The van der Waals surface area contributed by atoms with Crippen LogP contribution in [0, 0.1) is 11.8 Å². The number of piperidine rings is 1. The Balaban J connectivity index is 1.84. The van der Waals surface area contributed by atoms with E-state index < -0.39 is 0 Å². The fourth-order valence-electron chi connectivity index (χ4n) is 4.40. The van der Waals surface area contributed by atoms with Gasteiger partial charge in [-0.2, -0.15) is 0 Å². The fourth-order valence-corrected chi connectivity index (χ4v) is 4.40. The van der Waals surface area contributed by atoms with Gasteiger partial charge in [0.1, 0.15) is 0 Å². The summed E-state index contributed by atoms with van der Waals surface area (Å²) < 4.78 is 0. The molecule has 3 nitrogen and oxygen atoms in total. The van der Waals surface area contributed by atoms with E-state index in [-0.39, 0.29) is 6.04 Å². The van der Waals surface area contributed by atoms with Crippen molar-refractivity contribution in [1.82, 2.24) is 10.2 Å². The summed E-state index contributed by atoms with van der Waals surface area (Å²) >= 11 is 0. The molecule has 1 saturated carbocycles. The number of carbonyl (C=O) groups is 1. The zero-order chi connectivity index (χ0) is 15.9. The number of hydrogen-bond donors (Lipinski definition) is 1. The standard InChI is InChI=1S/C19H36N2O/c1-4-5-12-21-13-7-6-11-17(21)18(22)14-20-19-15(2)9-8-10-16(19)3/h15-17,19-20H,4-14H2,1-3H3/t15-,16?,17?,19?/m1/s1. The Morgan fingerprint density at radius 3 is 2.50 bits per heavy atom. The van der Waals surface area contributed by atoms with Crippen LogP contribution in [0.15, 0.2) is 0 Å². The Morgan fingerprint density at radius 1 is 1.09 bits per heavy atom. The Morgan fingerprint density at radius 2 is 1.82 bits per heavy atom. The molecule has 1 heterocycles. The Labute approximate surface area is 137 Å². The van der Waals surface area contributed by atoms with Gasteiger partial charge >= 0.3 is 0 Å². The molecule has 0 aromatic carbocycles. The summed E-state index contributed by atoms with van der Waals surface area (Å²) in [7, 11) is 0. The Hall–Kier alpha value is -0.410. The molecule has 3 unspecified atom stereocenters. The van der Waals surface area contributed by atoms with Gasteiger partial charge in [0.2, 0.25) is 0 Å². The van der Waals surface area contributed by atoms with Gasteiger partial charge in [-0.05, 0) is 57.0 Å². The smallest absolute Gasteiger partial charge is 0.163 e. The van der Waals surface area contributed by atoms with Crippen molar-refractivity contribution in [3.63, 3.8) is 0 Å². The van der Waals surface area contributed by atoms with Crippen LogP contribution in [-0.4, -0.2) is 42.4 Å². The maximum absolute atomic E-state index is 12.7. The summed E-state index contributed by atoms with van der Waals surface area (Å²) in [5.41, 5.74) is 0. The number of Topliss-reactive ketones (excluding diaryl/α,β-unsaturated/α-hetero) is 1. The predicted molar refractivity (Wildman–Crippen MR) is 93.1 cm³/mol. The van der Waals surface area contributed by atoms with Gasteiger partial charge in [0.25, 0.3) is 0 Å². The van der Waals surface area contributed by atoms with Crippen molar-refractivity contribution < 1.29 is 4.79 Å². The molecule has 2 rings (SSSR count). The van der Waals surface area contributed by atoms with E-state index in [1.807, 2.05) is 0 Å². The van der Waals surface area contributed by atoms with Gasteiger partial charge in [0.15, 0.2) is 5.78 Å². The molecular formula is C19H36N2O. The number of unbranched alkanes of at least 4 members (excludes halogenated alkanes) is 1. The van der Waals surface area contributed by atoms with Gasteiger partial charge in [-0.3, -0.25) is 9.69 Å². The summed E-state index contributed by atoms with van der Waals surface area (Å²) in [6.45, 7) is 9.70. The molecule has 4 atom stereocenters. The second-order valence-electron chi connectivity index (χ2n) is 7.66. The first-order chi connectivity index (χ1) is 10.6. The predicted octanol–water partition coefficient (Wildman–Crippen LogP) is 3.62. The molecule has 1 saturated heterocycles. The molecule has 22 heavy (non-hydrogen) atoms. The first kappa shape index (κ1) is 17.9. The van der Waals surface area contributed by atoms with Crippen LogP contribution in [0.5, 0.6) is 0 Å². The van der Waals surface area contributed by atoms with Crippen LogP contribution in [0.4, 0.5) is 0 Å². The maximum Gasteiger partial charge on any atom is 0.163 e. The summed E-state index contributed by atoms with van der Waals surface area (Å²) in [5, 5.41) is 3.62. The molecule has 0 bridgehead atoms. The largest absolute Gasteiger partial charge is 0.307 e. The van der Waals surface area contributed by atoms with Crippen molar-refractivity contribution in [2.75, 3.05) is 19.6 Å². The molecule has 0 amide bonds. The SMILES string of the molecule is CCCCN1CCCCC1C(=O)CNC1C(C)CCC[C@H]1C. The number of hydrogen-bond acceptors (Lipinski definition) is 3. The van der Waals surface area contributed by atoms with Crippen LogP contribution in [0.25, 0.3) is 0 Å². The highest BCUT2D eigenvalue weighted by Gasteiger charge is 2.31. The number of ketones is 1. The number of rotatable bonds is 7. The lowest BCUT2D eigenvalue weighted by Crippen LogP contribution is -2.51. The minimum atomic E-state index is 0.182.